The molecular weight excluding hydrogens is 506 g/mol. The lowest BCUT2D eigenvalue weighted by Crippen LogP contribution is -2.35. The zero-order valence-electron chi connectivity index (χ0n) is 22.4. The molecule has 2 aromatic heterocycles. The summed E-state index contributed by atoms with van der Waals surface area (Å²) in [5, 5.41) is 21.5. The normalized spacial score (nSPS) is 19.3. The van der Waals surface area contributed by atoms with Crippen LogP contribution in [0.5, 0.6) is 11.8 Å². The topological polar surface area (TPSA) is 101 Å². The van der Waals surface area contributed by atoms with E-state index in [1.165, 1.54) is 33.1 Å². The van der Waals surface area contributed by atoms with Gasteiger partial charge in [-0.25, -0.2) is 13.8 Å². The van der Waals surface area contributed by atoms with Gasteiger partial charge in [0.15, 0.2) is 11.6 Å². The molecule has 1 atom stereocenters. The van der Waals surface area contributed by atoms with Crippen molar-refractivity contribution in [2.45, 2.75) is 77.0 Å². The van der Waals surface area contributed by atoms with Gasteiger partial charge in [-0.05, 0) is 49.8 Å². The summed E-state index contributed by atoms with van der Waals surface area (Å²) >= 11 is 0. The number of allylic oxidation sites excluding steroid dienone is 1. The maximum absolute atomic E-state index is 16.6. The number of pyridine rings is 1. The highest BCUT2D eigenvalue weighted by atomic mass is 19.1. The number of methoxy groups -OCH3 is 1. The van der Waals surface area contributed by atoms with Crippen molar-refractivity contribution >= 4 is 22.5 Å². The standard InChI is InChI=1S/C29H32F2N4O4/c1-29(2,37)39-26-19(30)10-8-15-13-17(36)14-18(21(15)26)24-23(31)25-22-20(32-24)11-9-16-7-5-4-6-12-35(16)27(22)34-28(33-25)38-3/h13-14,16,36-37H,4-12H2,1-3H3. The minimum atomic E-state index is -1.69. The Kier molecular flexibility index (Phi) is 6.32. The van der Waals surface area contributed by atoms with Gasteiger partial charge < -0.3 is 24.6 Å². The van der Waals surface area contributed by atoms with Gasteiger partial charge in [0.1, 0.15) is 28.6 Å². The van der Waals surface area contributed by atoms with Crippen molar-refractivity contribution in [3.05, 3.63) is 40.6 Å². The molecule has 2 aliphatic heterocycles. The number of ether oxygens (including phenoxy) is 2. The third-order valence-corrected chi connectivity index (χ3v) is 7.77. The van der Waals surface area contributed by atoms with Crippen molar-refractivity contribution in [1.29, 1.82) is 0 Å². The summed E-state index contributed by atoms with van der Waals surface area (Å²) in [5.41, 5.74) is 1.67. The summed E-state index contributed by atoms with van der Waals surface area (Å²) < 4.78 is 42.8. The van der Waals surface area contributed by atoms with Crippen LogP contribution in [0.4, 0.5) is 14.6 Å². The molecule has 1 aliphatic carbocycles. The molecule has 1 unspecified atom stereocenters. The first-order valence-electron chi connectivity index (χ1n) is 13.5. The fourth-order valence-electron chi connectivity index (χ4n) is 6.11. The summed E-state index contributed by atoms with van der Waals surface area (Å²) in [6.45, 7) is 3.60. The molecule has 0 amide bonds. The van der Waals surface area contributed by atoms with Crippen LogP contribution in [-0.2, 0) is 17.6 Å². The van der Waals surface area contributed by atoms with Gasteiger partial charge in [-0.15, -0.1) is 0 Å². The van der Waals surface area contributed by atoms with Crippen LogP contribution >= 0.6 is 0 Å². The summed E-state index contributed by atoms with van der Waals surface area (Å²) in [5.74, 6) is -2.62. The summed E-state index contributed by atoms with van der Waals surface area (Å²) in [6.07, 6.45) is 6.01. The molecule has 6 rings (SSSR count). The Balaban J connectivity index is 1.63. The Bertz CT molecular complexity index is 1500. The molecular formula is C29H32F2N4O4. The molecule has 39 heavy (non-hydrogen) atoms. The van der Waals surface area contributed by atoms with E-state index in [1.807, 2.05) is 0 Å². The smallest absolute Gasteiger partial charge is 0.318 e. The first-order chi connectivity index (χ1) is 18.6. The number of rotatable bonds is 4. The number of aromatic hydroxyl groups is 1. The van der Waals surface area contributed by atoms with E-state index in [2.05, 4.69) is 14.9 Å². The number of fused-ring (bicyclic) bond motifs is 3. The van der Waals surface area contributed by atoms with E-state index in [1.54, 1.807) is 0 Å². The molecule has 3 aliphatic rings. The van der Waals surface area contributed by atoms with Crippen molar-refractivity contribution < 1.29 is 28.5 Å². The van der Waals surface area contributed by atoms with Gasteiger partial charge in [0, 0.05) is 44.0 Å². The number of phenolic OH excluding ortho intramolecular Hbond substituents is 1. The molecule has 4 heterocycles. The Hall–Kier alpha value is -3.53. The SMILES string of the molecule is COc1nc2c3c(nc(-c4cc(O)cc5c4C(OC(C)(C)O)=C(F)CC5)c(F)c3n1)CCC1CCCCCN21. The first-order valence-corrected chi connectivity index (χ1v) is 13.5. The van der Waals surface area contributed by atoms with Crippen LogP contribution in [0.25, 0.3) is 27.9 Å². The van der Waals surface area contributed by atoms with E-state index < -0.39 is 17.4 Å². The summed E-state index contributed by atoms with van der Waals surface area (Å²) in [4.78, 5) is 16.1. The van der Waals surface area contributed by atoms with E-state index in [9.17, 15) is 10.2 Å². The highest BCUT2D eigenvalue weighted by molar-refractivity contribution is 5.96. The Morgan fingerprint density at radius 2 is 1.85 bits per heavy atom. The zero-order chi connectivity index (χ0) is 27.5. The van der Waals surface area contributed by atoms with E-state index in [4.69, 9.17) is 14.5 Å². The van der Waals surface area contributed by atoms with E-state index >= 15 is 8.78 Å². The number of aryl methyl sites for hydroxylation is 2. The van der Waals surface area contributed by atoms with Crippen LogP contribution in [0.1, 0.15) is 69.2 Å². The summed E-state index contributed by atoms with van der Waals surface area (Å²) in [6, 6.07) is 3.17. The number of aliphatic hydroxyl groups is 1. The quantitative estimate of drug-likeness (QED) is 0.416. The van der Waals surface area contributed by atoms with Gasteiger partial charge in [-0.3, -0.25) is 0 Å². The predicted molar refractivity (Wildman–Crippen MR) is 143 cm³/mol. The number of anilines is 1. The van der Waals surface area contributed by atoms with Crippen molar-refractivity contribution in [2.75, 3.05) is 18.6 Å². The van der Waals surface area contributed by atoms with Gasteiger partial charge in [0.25, 0.3) is 0 Å². The van der Waals surface area contributed by atoms with E-state index in [0.717, 1.165) is 38.6 Å². The molecule has 8 nitrogen and oxygen atoms in total. The fraction of sp³-hybridized carbons (Fsp3) is 0.483. The fourth-order valence-corrected chi connectivity index (χ4v) is 6.11. The van der Waals surface area contributed by atoms with Gasteiger partial charge in [-0.2, -0.15) is 9.97 Å². The number of hydrogen-bond acceptors (Lipinski definition) is 8. The maximum atomic E-state index is 16.6. The van der Waals surface area contributed by atoms with Crippen molar-refractivity contribution in [3.63, 3.8) is 0 Å². The molecule has 206 valence electrons. The molecule has 10 heteroatoms. The molecule has 3 aromatic rings. The zero-order valence-corrected chi connectivity index (χ0v) is 22.4. The molecule has 0 saturated carbocycles. The van der Waals surface area contributed by atoms with Crippen LogP contribution in [0.2, 0.25) is 0 Å². The van der Waals surface area contributed by atoms with E-state index in [0.29, 0.717) is 28.9 Å². The Labute approximate surface area is 225 Å². The second kappa shape index (κ2) is 9.59. The first kappa shape index (κ1) is 25.7. The van der Waals surface area contributed by atoms with Crippen molar-refractivity contribution in [1.82, 2.24) is 15.0 Å². The molecule has 1 aromatic carbocycles. The molecule has 1 saturated heterocycles. The number of phenols is 1. The lowest BCUT2D eigenvalue weighted by molar-refractivity contribution is -0.126. The number of hydrogen-bond donors (Lipinski definition) is 2. The largest absolute Gasteiger partial charge is 0.508 e. The molecule has 0 bridgehead atoms. The van der Waals surface area contributed by atoms with Crippen molar-refractivity contribution in [2.24, 2.45) is 0 Å². The van der Waals surface area contributed by atoms with Crippen LogP contribution in [0.15, 0.2) is 18.0 Å². The minimum absolute atomic E-state index is 0.0329. The molecule has 2 N–H and O–H groups in total. The van der Waals surface area contributed by atoms with Crippen LogP contribution in [0.3, 0.4) is 0 Å². The highest BCUT2D eigenvalue weighted by Crippen LogP contribution is 2.45. The highest BCUT2D eigenvalue weighted by Gasteiger charge is 2.34. The summed E-state index contributed by atoms with van der Waals surface area (Å²) in [7, 11) is 1.45. The minimum Gasteiger partial charge on any atom is -0.508 e. The maximum Gasteiger partial charge on any atom is 0.318 e. The van der Waals surface area contributed by atoms with Gasteiger partial charge in [0.2, 0.25) is 5.79 Å². The Morgan fingerprint density at radius 1 is 1.03 bits per heavy atom. The lowest BCUT2D eigenvalue weighted by atomic mass is 9.88. The van der Waals surface area contributed by atoms with E-state index in [-0.39, 0.29) is 58.7 Å². The van der Waals surface area contributed by atoms with Crippen LogP contribution in [0, 0.1) is 5.82 Å². The molecule has 0 spiro atoms. The third-order valence-electron chi connectivity index (χ3n) is 7.77. The second-order valence-electron chi connectivity index (χ2n) is 11.0. The van der Waals surface area contributed by atoms with Gasteiger partial charge in [-0.1, -0.05) is 12.8 Å². The molecule has 0 radical (unpaired) electrons. The number of aromatic nitrogens is 3. The van der Waals surface area contributed by atoms with Crippen LogP contribution < -0.4 is 9.64 Å². The monoisotopic (exact) mass is 538 g/mol. The Morgan fingerprint density at radius 3 is 2.62 bits per heavy atom. The number of halogens is 2. The number of nitrogens with zero attached hydrogens (tertiary/aromatic N) is 4. The number of benzene rings is 1. The predicted octanol–water partition coefficient (Wildman–Crippen LogP) is 5.57. The lowest BCUT2D eigenvalue weighted by Gasteiger charge is -2.30. The average molecular weight is 539 g/mol. The van der Waals surface area contributed by atoms with Gasteiger partial charge >= 0.3 is 6.01 Å². The average Bonchev–Trinajstić information content (AvgIpc) is 3.21. The third kappa shape index (κ3) is 4.54. The van der Waals surface area contributed by atoms with Gasteiger partial charge in [0.05, 0.1) is 18.2 Å². The second-order valence-corrected chi connectivity index (χ2v) is 11.0. The van der Waals surface area contributed by atoms with Crippen LogP contribution in [-0.4, -0.2) is 50.6 Å². The molecule has 1 fully saturated rings. The van der Waals surface area contributed by atoms with Crippen molar-refractivity contribution in [3.8, 4) is 23.0 Å².